The van der Waals surface area contributed by atoms with Crippen molar-refractivity contribution in [2.45, 2.75) is 11.8 Å². The SMILES string of the molecule is Cc1c[nH]c2c(C=CC(=O)NS(=O)(=O)c3cc(F)ccc3F)cc(F)cc12. The zero-order valence-electron chi connectivity index (χ0n) is 13.9. The molecule has 1 heterocycles. The maximum absolute atomic E-state index is 13.7. The molecule has 5 nitrogen and oxygen atoms in total. The number of carbonyl (C=O) groups is 1. The Bertz CT molecular complexity index is 1180. The van der Waals surface area contributed by atoms with Crippen LogP contribution in [-0.2, 0) is 14.8 Å². The normalized spacial score (nSPS) is 12.0. The van der Waals surface area contributed by atoms with Gasteiger partial charge >= 0.3 is 0 Å². The van der Waals surface area contributed by atoms with Crippen LogP contribution in [0.1, 0.15) is 11.1 Å². The summed E-state index contributed by atoms with van der Waals surface area (Å²) in [6.45, 7) is 1.78. The van der Waals surface area contributed by atoms with Crippen LogP contribution in [0.4, 0.5) is 13.2 Å². The first-order valence-corrected chi connectivity index (χ1v) is 9.13. The number of hydrogen-bond acceptors (Lipinski definition) is 3. The predicted molar refractivity (Wildman–Crippen MR) is 93.7 cm³/mol. The molecule has 27 heavy (non-hydrogen) atoms. The number of aromatic amines is 1. The summed E-state index contributed by atoms with van der Waals surface area (Å²) in [7, 11) is -4.61. The first kappa shape index (κ1) is 18.7. The Morgan fingerprint density at radius 2 is 1.85 bits per heavy atom. The third kappa shape index (κ3) is 3.87. The van der Waals surface area contributed by atoms with Gasteiger partial charge in [0.1, 0.15) is 22.3 Å². The zero-order chi connectivity index (χ0) is 19.8. The van der Waals surface area contributed by atoms with Crippen LogP contribution < -0.4 is 4.72 Å². The molecule has 3 rings (SSSR count). The lowest BCUT2D eigenvalue weighted by Gasteiger charge is -2.06. The highest BCUT2D eigenvalue weighted by Crippen LogP contribution is 2.24. The quantitative estimate of drug-likeness (QED) is 0.666. The lowest BCUT2D eigenvalue weighted by atomic mass is 10.1. The number of carbonyl (C=O) groups excluding carboxylic acids is 1. The fourth-order valence-corrected chi connectivity index (χ4v) is 3.60. The van der Waals surface area contributed by atoms with Crippen LogP contribution in [0.25, 0.3) is 17.0 Å². The number of aryl methyl sites for hydroxylation is 1. The molecule has 0 aliphatic rings. The van der Waals surface area contributed by atoms with E-state index in [0.29, 0.717) is 28.6 Å². The summed E-state index contributed by atoms with van der Waals surface area (Å²) in [5, 5.41) is 0.615. The van der Waals surface area contributed by atoms with E-state index in [1.165, 1.54) is 18.2 Å². The first-order valence-electron chi connectivity index (χ1n) is 7.64. The number of nitrogens with one attached hydrogen (secondary N) is 2. The van der Waals surface area contributed by atoms with Crippen molar-refractivity contribution >= 4 is 32.9 Å². The smallest absolute Gasteiger partial charge is 0.267 e. The fraction of sp³-hybridized carbons (Fsp3) is 0.0556. The minimum atomic E-state index is -4.61. The van der Waals surface area contributed by atoms with E-state index in [1.54, 1.807) is 17.8 Å². The minimum Gasteiger partial charge on any atom is -0.360 e. The third-order valence-corrected chi connectivity index (χ3v) is 5.19. The predicted octanol–water partition coefficient (Wildman–Crippen LogP) is 3.41. The number of H-pyrrole nitrogens is 1. The second-order valence-electron chi connectivity index (χ2n) is 5.77. The third-order valence-electron chi connectivity index (χ3n) is 3.82. The van der Waals surface area contributed by atoms with Crippen LogP contribution in [0.2, 0.25) is 0 Å². The van der Waals surface area contributed by atoms with Gasteiger partial charge in [-0.15, -0.1) is 0 Å². The van der Waals surface area contributed by atoms with E-state index in [-0.39, 0.29) is 0 Å². The molecule has 0 spiro atoms. The molecule has 0 bridgehead atoms. The molecular formula is C18H13F3N2O3S. The molecule has 9 heteroatoms. The molecule has 0 fully saturated rings. The summed E-state index contributed by atoms with van der Waals surface area (Å²) in [4.78, 5) is 13.9. The monoisotopic (exact) mass is 394 g/mol. The van der Waals surface area contributed by atoms with Crippen LogP contribution in [0.5, 0.6) is 0 Å². The molecule has 0 unspecified atom stereocenters. The first-order chi connectivity index (χ1) is 12.7. The van der Waals surface area contributed by atoms with Gasteiger partial charge in [-0.1, -0.05) is 0 Å². The topological polar surface area (TPSA) is 79.0 Å². The van der Waals surface area contributed by atoms with Gasteiger partial charge in [0.05, 0.1) is 5.52 Å². The summed E-state index contributed by atoms with van der Waals surface area (Å²) < 4.78 is 66.3. The van der Waals surface area contributed by atoms with Crippen LogP contribution in [-0.4, -0.2) is 19.3 Å². The molecular weight excluding hydrogens is 381 g/mol. The molecule has 2 N–H and O–H groups in total. The molecule has 0 saturated carbocycles. The van der Waals surface area contributed by atoms with Gasteiger partial charge in [-0.25, -0.2) is 26.3 Å². The van der Waals surface area contributed by atoms with E-state index < -0.39 is 38.3 Å². The number of aromatic nitrogens is 1. The average molecular weight is 394 g/mol. The number of rotatable bonds is 4. The number of amides is 1. The lowest BCUT2D eigenvalue weighted by molar-refractivity contribution is -0.114. The Morgan fingerprint density at radius 1 is 1.11 bits per heavy atom. The van der Waals surface area contributed by atoms with E-state index in [9.17, 15) is 26.4 Å². The van der Waals surface area contributed by atoms with Gasteiger partial charge in [0, 0.05) is 23.2 Å². The molecule has 0 aliphatic carbocycles. The van der Waals surface area contributed by atoms with E-state index in [4.69, 9.17) is 0 Å². The summed E-state index contributed by atoms with van der Waals surface area (Å²) in [5.41, 5.74) is 1.69. The Labute approximate surface area is 152 Å². The molecule has 1 amide bonds. The van der Waals surface area contributed by atoms with Gasteiger partial charge in [0.25, 0.3) is 15.9 Å². The van der Waals surface area contributed by atoms with Crippen molar-refractivity contribution in [2.75, 3.05) is 0 Å². The van der Waals surface area contributed by atoms with E-state index in [1.807, 2.05) is 0 Å². The van der Waals surface area contributed by atoms with Crippen molar-refractivity contribution in [1.82, 2.24) is 9.71 Å². The Balaban J connectivity index is 1.87. The molecule has 0 saturated heterocycles. The van der Waals surface area contributed by atoms with Crippen molar-refractivity contribution in [2.24, 2.45) is 0 Å². The average Bonchev–Trinajstić information content (AvgIpc) is 2.95. The fourth-order valence-electron chi connectivity index (χ4n) is 2.56. The second kappa shape index (κ2) is 6.92. The van der Waals surface area contributed by atoms with Gasteiger partial charge in [-0.3, -0.25) is 4.79 Å². The molecule has 2 aromatic carbocycles. The Hall–Kier alpha value is -3.07. The summed E-state index contributed by atoms with van der Waals surface area (Å²) in [6.07, 6.45) is 3.74. The molecule has 140 valence electrons. The van der Waals surface area contributed by atoms with Crippen molar-refractivity contribution in [3.8, 4) is 0 Å². The highest BCUT2D eigenvalue weighted by molar-refractivity contribution is 7.90. The van der Waals surface area contributed by atoms with E-state index in [0.717, 1.165) is 17.7 Å². The molecule has 0 aliphatic heterocycles. The van der Waals surface area contributed by atoms with Gasteiger partial charge in [0.2, 0.25) is 0 Å². The maximum Gasteiger partial charge on any atom is 0.267 e. The van der Waals surface area contributed by atoms with Crippen LogP contribution in [0.3, 0.4) is 0 Å². The molecule has 1 aromatic heterocycles. The lowest BCUT2D eigenvalue weighted by Crippen LogP contribution is -2.29. The Morgan fingerprint density at radius 3 is 2.59 bits per heavy atom. The van der Waals surface area contributed by atoms with Gasteiger partial charge < -0.3 is 4.98 Å². The van der Waals surface area contributed by atoms with Gasteiger partial charge in [0.15, 0.2) is 0 Å². The van der Waals surface area contributed by atoms with Crippen molar-refractivity contribution < 1.29 is 26.4 Å². The number of hydrogen-bond donors (Lipinski definition) is 2. The van der Waals surface area contributed by atoms with Crippen molar-refractivity contribution in [3.63, 3.8) is 0 Å². The van der Waals surface area contributed by atoms with Crippen LogP contribution >= 0.6 is 0 Å². The number of fused-ring (bicyclic) bond motifs is 1. The number of sulfonamides is 1. The second-order valence-corrected chi connectivity index (χ2v) is 7.42. The highest BCUT2D eigenvalue weighted by Gasteiger charge is 2.21. The van der Waals surface area contributed by atoms with Crippen molar-refractivity contribution in [1.29, 1.82) is 0 Å². The standard InChI is InChI=1S/C18H13F3N2O3S/c1-10-9-22-18-11(6-13(20)7-14(10)18)2-5-17(24)23-27(25,26)16-8-12(19)3-4-15(16)21/h2-9,22H,1H3,(H,23,24). The number of benzene rings is 2. The highest BCUT2D eigenvalue weighted by atomic mass is 32.2. The largest absolute Gasteiger partial charge is 0.360 e. The summed E-state index contributed by atoms with van der Waals surface area (Å²) in [5.74, 6) is -3.79. The van der Waals surface area contributed by atoms with Gasteiger partial charge in [-0.05, 0) is 48.9 Å². The van der Waals surface area contributed by atoms with Crippen molar-refractivity contribution in [3.05, 3.63) is 71.2 Å². The summed E-state index contributed by atoms with van der Waals surface area (Å²) >= 11 is 0. The maximum atomic E-state index is 13.7. The van der Waals surface area contributed by atoms with Gasteiger partial charge in [-0.2, -0.15) is 0 Å². The Kier molecular flexibility index (Phi) is 4.79. The summed E-state index contributed by atoms with van der Waals surface area (Å²) in [6, 6.07) is 4.36. The van der Waals surface area contributed by atoms with E-state index in [2.05, 4.69) is 4.98 Å². The molecule has 0 radical (unpaired) electrons. The molecule has 3 aromatic rings. The van der Waals surface area contributed by atoms with Crippen LogP contribution in [0, 0.1) is 24.4 Å². The minimum absolute atomic E-state index is 0.322. The van der Waals surface area contributed by atoms with E-state index >= 15 is 0 Å². The number of halogens is 3. The zero-order valence-corrected chi connectivity index (χ0v) is 14.7. The molecule has 0 atom stereocenters. The van der Waals surface area contributed by atoms with Crippen LogP contribution in [0.15, 0.2) is 47.5 Å².